The molecule has 0 saturated carbocycles. The van der Waals surface area contributed by atoms with Gasteiger partial charge < -0.3 is 10.6 Å². The summed E-state index contributed by atoms with van der Waals surface area (Å²) in [6, 6.07) is 0.733. The maximum atomic E-state index is 4.33. The SMILES string of the molecule is CNC1CCC[N-]CC1.[Re]. The Bertz CT molecular complexity index is 70.0. The van der Waals surface area contributed by atoms with Crippen LogP contribution < -0.4 is 5.32 Å². The molecule has 1 N–H and O–H groups in total. The number of nitrogens with one attached hydrogen (secondary N) is 1. The first-order chi connectivity index (χ1) is 4.43. The van der Waals surface area contributed by atoms with Crippen LogP contribution in [0.2, 0.25) is 0 Å². The third kappa shape index (κ3) is 3.68. The van der Waals surface area contributed by atoms with Crippen LogP contribution in [0, 0.1) is 0 Å². The summed E-state index contributed by atoms with van der Waals surface area (Å²) in [5, 5.41) is 7.61. The van der Waals surface area contributed by atoms with Crippen LogP contribution in [0.5, 0.6) is 0 Å². The molecule has 1 aliphatic heterocycles. The molecule has 0 aromatic heterocycles. The van der Waals surface area contributed by atoms with Gasteiger partial charge >= 0.3 is 0 Å². The fourth-order valence-corrected chi connectivity index (χ4v) is 1.24. The van der Waals surface area contributed by atoms with E-state index in [1.54, 1.807) is 0 Å². The average Bonchev–Trinajstić information content (AvgIpc) is 2.13. The first kappa shape index (κ1) is 10.6. The van der Waals surface area contributed by atoms with Crippen molar-refractivity contribution in [2.24, 2.45) is 0 Å². The molecule has 0 bridgehead atoms. The Morgan fingerprint density at radius 3 is 2.80 bits per heavy atom. The van der Waals surface area contributed by atoms with Gasteiger partial charge in [0.2, 0.25) is 0 Å². The van der Waals surface area contributed by atoms with Crippen LogP contribution in [-0.4, -0.2) is 26.2 Å². The molecule has 1 radical (unpaired) electrons. The molecule has 1 unspecified atom stereocenters. The van der Waals surface area contributed by atoms with Gasteiger partial charge in [0.25, 0.3) is 0 Å². The molecule has 61 valence electrons. The van der Waals surface area contributed by atoms with E-state index in [4.69, 9.17) is 0 Å². The summed E-state index contributed by atoms with van der Waals surface area (Å²) in [6.45, 7) is 2.14. The second-order valence-corrected chi connectivity index (χ2v) is 2.59. The van der Waals surface area contributed by atoms with Crippen molar-refractivity contribution in [2.45, 2.75) is 25.3 Å². The molecule has 1 fully saturated rings. The molecule has 1 atom stereocenters. The van der Waals surface area contributed by atoms with Crippen molar-refractivity contribution >= 4 is 0 Å². The molecule has 10 heavy (non-hydrogen) atoms. The Kier molecular flexibility index (Phi) is 6.67. The van der Waals surface area contributed by atoms with Gasteiger partial charge in [-0.05, 0) is 13.5 Å². The van der Waals surface area contributed by atoms with Crippen LogP contribution in [0.4, 0.5) is 0 Å². The number of nitrogens with zero attached hydrogens (tertiary/aromatic N) is 1. The van der Waals surface area contributed by atoms with E-state index in [2.05, 4.69) is 10.6 Å². The minimum atomic E-state index is 0. The Labute approximate surface area is 76.8 Å². The zero-order chi connectivity index (χ0) is 6.53. The van der Waals surface area contributed by atoms with Crippen molar-refractivity contribution in [3.8, 4) is 0 Å². The molecule has 1 heterocycles. The normalized spacial score (nSPS) is 26.7. The summed E-state index contributed by atoms with van der Waals surface area (Å²) in [5.41, 5.74) is 0. The monoisotopic (exact) mass is 314 g/mol. The van der Waals surface area contributed by atoms with E-state index >= 15 is 0 Å². The van der Waals surface area contributed by atoms with Crippen LogP contribution in [0.15, 0.2) is 0 Å². The molecule has 3 heteroatoms. The van der Waals surface area contributed by atoms with Gasteiger partial charge in [-0.2, -0.15) is 0 Å². The van der Waals surface area contributed by atoms with E-state index in [1.165, 1.54) is 19.3 Å². The van der Waals surface area contributed by atoms with E-state index < -0.39 is 0 Å². The van der Waals surface area contributed by atoms with Gasteiger partial charge in [0.1, 0.15) is 0 Å². The summed E-state index contributed by atoms with van der Waals surface area (Å²) in [6.07, 6.45) is 3.81. The zero-order valence-electron chi connectivity index (χ0n) is 6.44. The second kappa shape index (κ2) is 6.30. The first-order valence-corrected chi connectivity index (χ1v) is 3.74. The average molecular weight is 313 g/mol. The van der Waals surface area contributed by atoms with Crippen LogP contribution in [0.25, 0.3) is 5.32 Å². The molecular formula is C7H15N2Re-. The van der Waals surface area contributed by atoms with Gasteiger partial charge in [0, 0.05) is 26.5 Å². The maximum Gasteiger partial charge on any atom is 0.00470 e. The molecule has 2 nitrogen and oxygen atoms in total. The van der Waals surface area contributed by atoms with Crippen molar-refractivity contribution < 1.29 is 20.4 Å². The predicted molar refractivity (Wildman–Crippen MR) is 39.8 cm³/mol. The maximum absolute atomic E-state index is 4.33. The Morgan fingerprint density at radius 2 is 2.10 bits per heavy atom. The zero-order valence-corrected chi connectivity index (χ0v) is 9.15. The number of hydrogen-bond donors (Lipinski definition) is 1. The van der Waals surface area contributed by atoms with Crippen molar-refractivity contribution in [3.05, 3.63) is 5.32 Å². The van der Waals surface area contributed by atoms with Crippen molar-refractivity contribution in [1.29, 1.82) is 0 Å². The summed E-state index contributed by atoms with van der Waals surface area (Å²) >= 11 is 0. The molecule has 0 aromatic carbocycles. The molecule has 0 spiro atoms. The van der Waals surface area contributed by atoms with Gasteiger partial charge in [0.15, 0.2) is 0 Å². The van der Waals surface area contributed by atoms with Crippen molar-refractivity contribution in [1.82, 2.24) is 5.32 Å². The Morgan fingerprint density at radius 1 is 1.30 bits per heavy atom. The molecular weight excluding hydrogens is 298 g/mol. The van der Waals surface area contributed by atoms with Gasteiger partial charge in [0.05, 0.1) is 0 Å². The van der Waals surface area contributed by atoms with Crippen LogP contribution in [0.3, 0.4) is 0 Å². The van der Waals surface area contributed by atoms with E-state index in [1.807, 2.05) is 7.05 Å². The van der Waals surface area contributed by atoms with E-state index in [-0.39, 0.29) is 20.4 Å². The Hall–Kier alpha value is 0.582. The second-order valence-electron chi connectivity index (χ2n) is 2.59. The molecule has 1 rings (SSSR count). The fourth-order valence-electron chi connectivity index (χ4n) is 1.24. The minimum absolute atomic E-state index is 0. The molecule has 0 amide bonds. The third-order valence-electron chi connectivity index (χ3n) is 1.91. The van der Waals surface area contributed by atoms with Gasteiger partial charge in [-0.25, -0.2) is 0 Å². The third-order valence-corrected chi connectivity index (χ3v) is 1.91. The van der Waals surface area contributed by atoms with Gasteiger partial charge in [-0.3, -0.25) is 0 Å². The van der Waals surface area contributed by atoms with Crippen LogP contribution in [0.1, 0.15) is 19.3 Å². The number of rotatable bonds is 1. The molecule has 0 aromatic rings. The van der Waals surface area contributed by atoms with Crippen LogP contribution >= 0.6 is 0 Å². The van der Waals surface area contributed by atoms with E-state index in [0.29, 0.717) is 0 Å². The quantitative estimate of drug-likeness (QED) is 0.772. The molecule has 1 aliphatic rings. The van der Waals surface area contributed by atoms with Crippen LogP contribution in [-0.2, 0) is 20.4 Å². The summed E-state index contributed by atoms with van der Waals surface area (Å²) in [4.78, 5) is 0. The van der Waals surface area contributed by atoms with Gasteiger partial charge in [-0.15, -0.1) is 13.1 Å². The summed E-state index contributed by atoms with van der Waals surface area (Å²) in [7, 11) is 2.04. The molecule has 0 aliphatic carbocycles. The first-order valence-electron chi connectivity index (χ1n) is 3.74. The smallest absolute Gasteiger partial charge is 0.00470 e. The largest absolute Gasteiger partial charge is 0.662 e. The molecule has 1 saturated heterocycles. The van der Waals surface area contributed by atoms with E-state index in [9.17, 15) is 0 Å². The summed E-state index contributed by atoms with van der Waals surface area (Å²) in [5.74, 6) is 0. The number of hydrogen-bond acceptors (Lipinski definition) is 1. The Balaban J connectivity index is 0.000000810. The standard InChI is InChI=1S/C7H15N2.Re/c1-8-7-3-2-5-9-6-4-7;/h7-8H,2-6H2,1H3;/q-1;. The van der Waals surface area contributed by atoms with Crippen molar-refractivity contribution in [3.63, 3.8) is 0 Å². The van der Waals surface area contributed by atoms with Crippen molar-refractivity contribution in [2.75, 3.05) is 20.1 Å². The topological polar surface area (TPSA) is 26.1 Å². The predicted octanol–water partition coefficient (Wildman–Crippen LogP) is 1.13. The van der Waals surface area contributed by atoms with E-state index in [0.717, 1.165) is 19.1 Å². The van der Waals surface area contributed by atoms with Gasteiger partial charge in [-0.1, -0.05) is 12.8 Å². The minimum Gasteiger partial charge on any atom is -0.662 e. The summed E-state index contributed by atoms with van der Waals surface area (Å²) < 4.78 is 0. The fraction of sp³-hybridized carbons (Fsp3) is 1.00.